The van der Waals surface area contributed by atoms with Gasteiger partial charge in [-0.25, -0.2) is 0 Å². The smallest absolute Gasteiger partial charge is 0.286 e. The summed E-state index contributed by atoms with van der Waals surface area (Å²) in [6.07, 6.45) is 0.744. The van der Waals surface area contributed by atoms with Crippen molar-refractivity contribution in [2.24, 2.45) is 0 Å². The number of hydrogen-bond donors (Lipinski definition) is 1. The zero-order valence-electron chi connectivity index (χ0n) is 12.6. The Morgan fingerprint density at radius 2 is 2.09 bits per heavy atom. The van der Waals surface area contributed by atoms with Crippen LogP contribution in [0.15, 0.2) is 34.7 Å². The fourth-order valence-electron chi connectivity index (χ4n) is 1.82. The minimum Gasteiger partial charge on any atom is -0.484 e. The third-order valence-corrected chi connectivity index (χ3v) is 3.49. The van der Waals surface area contributed by atoms with Gasteiger partial charge in [0.15, 0.2) is 5.76 Å². The third-order valence-electron chi connectivity index (χ3n) is 2.96. The van der Waals surface area contributed by atoms with Gasteiger partial charge in [-0.15, -0.1) is 0 Å². The molecule has 0 saturated heterocycles. The molecule has 0 aliphatic rings. The molecule has 1 amide bonds. The summed E-state index contributed by atoms with van der Waals surface area (Å²) in [5.74, 6) is 0.996. The normalized spacial score (nSPS) is 10.6. The van der Waals surface area contributed by atoms with Crippen LogP contribution in [0.1, 0.15) is 22.7 Å². The Hall–Kier alpha value is -1.69. The van der Waals surface area contributed by atoms with E-state index in [4.69, 9.17) is 37.1 Å². The molecule has 0 saturated carbocycles. The largest absolute Gasteiger partial charge is 0.484 e. The first-order chi connectivity index (χ1) is 11.1. The highest BCUT2D eigenvalue weighted by molar-refractivity contribution is 6.35. The van der Waals surface area contributed by atoms with Gasteiger partial charge in [-0.3, -0.25) is 4.79 Å². The molecule has 0 unspecified atom stereocenters. The molecule has 0 aliphatic carbocycles. The lowest BCUT2D eigenvalue weighted by atomic mass is 10.3. The molecule has 0 atom stereocenters. The Kier molecular flexibility index (Phi) is 6.77. The van der Waals surface area contributed by atoms with Gasteiger partial charge in [-0.2, -0.15) is 0 Å². The number of halogens is 2. The number of carbonyl (C=O) groups is 1. The Bertz CT molecular complexity index is 657. The Labute approximate surface area is 144 Å². The molecular weight excluding hydrogens is 341 g/mol. The number of nitrogens with one attached hydrogen (secondary N) is 1. The molecule has 1 N–H and O–H groups in total. The van der Waals surface area contributed by atoms with Crippen LogP contribution in [-0.4, -0.2) is 26.2 Å². The number of carbonyl (C=O) groups excluding carboxylic acids is 1. The quantitative estimate of drug-likeness (QED) is 0.727. The van der Waals surface area contributed by atoms with E-state index in [9.17, 15) is 4.79 Å². The predicted molar refractivity (Wildman–Crippen MR) is 88.3 cm³/mol. The van der Waals surface area contributed by atoms with Crippen molar-refractivity contribution in [1.82, 2.24) is 5.32 Å². The van der Waals surface area contributed by atoms with Crippen LogP contribution in [0.25, 0.3) is 0 Å². The van der Waals surface area contributed by atoms with Gasteiger partial charge in [0, 0.05) is 25.3 Å². The summed E-state index contributed by atoms with van der Waals surface area (Å²) >= 11 is 11.8. The van der Waals surface area contributed by atoms with Crippen LogP contribution >= 0.6 is 23.2 Å². The van der Waals surface area contributed by atoms with Crippen molar-refractivity contribution in [2.45, 2.75) is 13.0 Å². The van der Waals surface area contributed by atoms with Crippen molar-refractivity contribution in [2.75, 3.05) is 20.3 Å². The Morgan fingerprint density at radius 1 is 1.26 bits per heavy atom. The van der Waals surface area contributed by atoms with Crippen LogP contribution in [0.5, 0.6) is 5.75 Å². The molecule has 0 bridgehead atoms. The number of hydrogen-bond acceptors (Lipinski definition) is 4. The highest BCUT2D eigenvalue weighted by atomic mass is 35.5. The molecule has 1 aromatic carbocycles. The maximum atomic E-state index is 11.9. The Balaban J connectivity index is 1.85. The van der Waals surface area contributed by atoms with E-state index in [1.165, 1.54) is 0 Å². The number of benzene rings is 1. The summed E-state index contributed by atoms with van der Waals surface area (Å²) in [7, 11) is 1.62. The first-order valence-corrected chi connectivity index (χ1v) is 7.79. The standard InChI is InChI=1S/C16H17Cl2NO4/c1-21-8-2-7-19-16(20)15-6-4-12(23-15)10-22-14-5-3-11(17)9-13(14)18/h3-6,9H,2,7-8,10H2,1H3,(H,19,20). The van der Waals surface area contributed by atoms with Crippen molar-refractivity contribution in [3.05, 3.63) is 51.9 Å². The fraction of sp³-hybridized carbons (Fsp3) is 0.312. The lowest BCUT2D eigenvalue weighted by Crippen LogP contribution is -2.24. The molecule has 1 heterocycles. The minimum absolute atomic E-state index is 0.165. The number of ether oxygens (including phenoxy) is 2. The first kappa shape index (κ1) is 17.7. The average molecular weight is 358 g/mol. The first-order valence-electron chi connectivity index (χ1n) is 7.04. The summed E-state index contributed by atoms with van der Waals surface area (Å²) in [5, 5.41) is 3.70. The lowest BCUT2D eigenvalue weighted by Gasteiger charge is -2.06. The number of rotatable bonds is 8. The lowest BCUT2D eigenvalue weighted by molar-refractivity contribution is 0.0917. The van der Waals surface area contributed by atoms with E-state index in [0.717, 1.165) is 6.42 Å². The highest BCUT2D eigenvalue weighted by Gasteiger charge is 2.11. The van der Waals surface area contributed by atoms with E-state index >= 15 is 0 Å². The minimum atomic E-state index is -0.267. The molecule has 7 heteroatoms. The molecule has 0 fully saturated rings. The van der Waals surface area contributed by atoms with Crippen molar-refractivity contribution < 1.29 is 18.7 Å². The third kappa shape index (κ3) is 5.46. The van der Waals surface area contributed by atoms with Crippen LogP contribution in [0.4, 0.5) is 0 Å². The second-order valence-corrected chi connectivity index (χ2v) is 5.58. The van der Waals surface area contributed by atoms with Crippen LogP contribution in [0.2, 0.25) is 10.0 Å². The van der Waals surface area contributed by atoms with Gasteiger partial charge in [-0.05, 0) is 36.8 Å². The number of furan rings is 1. The highest BCUT2D eigenvalue weighted by Crippen LogP contribution is 2.28. The summed E-state index contributed by atoms with van der Waals surface area (Å²) in [5.41, 5.74) is 0. The second kappa shape index (κ2) is 8.82. The van der Waals surface area contributed by atoms with E-state index < -0.39 is 0 Å². The Morgan fingerprint density at radius 3 is 2.83 bits per heavy atom. The van der Waals surface area contributed by atoms with Crippen LogP contribution < -0.4 is 10.1 Å². The molecule has 0 radical (unpaired) electrons. The van der Waals surface area contributed by atoms with Crippen molar-refractivity contribution in [3.63, 3.8) is 0 Å². The monoisotopic (exact) mass is 357 g/mol. The van der Waals surface area contributed by atoms with E-state index in [2.05, 4.69) is 5.32 Å². The summed E-state index contributed by atoms with van der Waals surface area (Å²) in [4.78, 5) is 11.9. The zero-order chi connectivity index (χ0) is 16.7. The number of methoxy groups -OCH3 is 1. The summed E-state index contributed by atoms with van der Waals surface area (Å²) < 4.78 is 15.9. The molecule has 2 aromatic rings. The molecule has 124 valence electrons. The van der Waals surface area contributed by atoms with E-state index in [-0.39, 0.29) is 18.3 Å². The molecule has 2 rings (SSSR count). The molecule has 23 heavy (non-hydrogen) atoms. The zero-order valence-corrected chi connectivity index (χ0v) is 14.1. The molecule has 1 aromatic heterocycles. The van der Waals surface area contributed by atoms with E-state index in [1.54, 1.807) is 37.4 Å². The van der Waals surface area contributed by atoms with Crippen molar-refractivity contribution >= 4 is 29.1 Å². The molecule has 0 aliphatic heterocycles. The second-order valence-electron chi connectivity index (χ2n) is 4.73. The molecule has 0 spiro atoms. The summed E-state index contributed by atoms with van der Waals surface area (Å²) in [6.45, 7) is 1.29. The van der Waals surface area contributed by atoms with Gasteiger partial charge < -0.3 is 19.2 Å². The topological polar surface area (TPSA) is 60.7 Å². The van der Waals surface area contributed by atoms with Crippen molar-refractivity contribution in [1.29, 1.82) is 0 Å². The maximum Gasteiger partial charge on any atom is 0.286 e. The molecule has 5 nitrogen and oxygen atoms in total. The fourth-order valence-corrected chi connectivity index (χ4v) is 2.29. The van der Waals surface area contributed by atoms with Crippen LogP contribution in [0.3, 0.4) is 0 Å². The van der Waals surface area contributed by atoms with E-state index in [1.807, 2.05) is 0 Å². The van der Waals surface area contributed by atoms with Gasteiger partial charge in [0.2, 0.25) is 0 Å². The predicted octanol–water partition coefficient (Wildman–Crippen LogP) is 3.93. The maximum absolute atomic E-state index is 11.9. The SMILES string of the molecule is COCCCNC(=O)c1ccc(COc2ccc(Cl)cc2Cl)o1. The average Bonchev–Trinajstić information content (AvgIpc) is 2.99. The van der Waals surface area contributed by atoms with Gasteiger partial charge >= 0.3 is 0 Å². The van der Waals surface area contributed by atoms with Crippen molar-refractivity contribution in [3.8, 4) is 5.75 Å². The van der Waals surface area contributed by atoms with Gasteiger partial charge in [-0.1, -0.05) is 23.2 Å². The molecular formula is C16H17Cl2NO4. The van der Waals surface area contributed by atoms with Gasteiger partial charge in [0.25, 0.3) is 5.91 Å². The van der Waals surface area contributed by atoms with Gasteiger partial charge in [0.1, 0.15) is 18.1 Å². The van der Waals surface area contributed by atoms with E-state index in [0.29, 0.717) is 34.7 Å². The summed E-state index contributed by atoms with van der Waals surface area (Å²) in [6, 6.07) is 8.25. The van der Waals surface area contributed by atoms with Crippen LogP contribution in [-0.2, 0) is 11.3 Å². The van der Waals surface area contributed by atoms with Gasteiger partial charge in [0.05, 0.1) is 5.02 Å². The van der Waals surface area contributed by atoms with Crippen LogP contribution in [0, 0.1) is 0 Å². The number of amides is 1.